The normalized spacial score (nSPS) is 13.8. The highest BCUT2D eigenvalue weighted by atomic mass is 35.5. The lowest BCUT2D eigenvalue weighted by molar-refractivity contribution is -0.120. The van der Waals surface area contributed by atoms with E-state index in [9.17, 15) is 4.79 Å². The quantitative estimate of drug-likeness (QED) is 0.870. The van der Waals surface area contributed by atoms with Gasteiger partial charge in [-0.2, -0.15) is 0 Å². The average Bonchev–Trinajstić information content (AvgIpc) is 2.29. The van der Waals surface area contributed by atoms with E-state index in [1.54, 1.807) is 6.92 Å². The smallest absolute Gasteiger partial charge is 0.244 e. The second-order valence-electron chi connectivity index (χ2n) is 6.36. The fraction of sp³-hybridized carbons (Fsp3) is 0.562. The number of amides is 1. The molecule has 0 radical (unpaired) electrons. The number of nitrogens with one attached hydrogen (secondary N) is 1. The van der Waals surface area contributed by atoms with Gasteiger partial charge in [-0.3, -0.25) is 4.79 Å². The summed E-state index contributed by atoms with van der Waals surface area (Å²) < 4.78 is 5.73. The lowest BCUT2D eigenvalue weighted by Gasteiger charge is -2.23. The fourth-order valence-corrected chi connectivity index (χ4v) is 1.87. The Morgan fingerprint density at radius 3 is 2.14 bits per heavy atom. The number of carbonyl (C=O) groups excluding carboxylic acids is 1. The van der Waals surface area contributed by atoms with Crippen molar-refractivity contribution in [3.8, 4) is 5.75 Å². The molecule has 0 spiro atoms. The zero-order valence-electron chi connectivity index (χ0n) is 13.5. The van der Waals surface area contributed by atoms with Crippen LogP contribution in [0.4, 0.5) is 5.69 Å². The zero-order chi connectivity index (χ0) is 15.4. The molecule has 1 aromatic rings. The second kappa shape index (κ2) is 7.66. The maximum atomic E-state index is 12.1. The standard InChI is InChI=1S/C16H26N2O2.ClH/c1-6-11-16(5,17)14(19)18-12-7-9-13(10-8-12)20-15(2,3)4;/h7-10H,6,11,17H2,1-5H3,(H,18,19);1H. The van der Waals surface area contributed by atoms with E-state index in [1.807, 2.05) is 52.0 Å². The first-order chi connectivity index (χ1) is 9.14. The Balaban J connectivity index is 0.00000400. The van der Waals surface area contributed by atoms with E-state index in [2.05, 4.69) is 5.32 Å². The molecule has 21 heavy (non-hydrogen) atoms. The molecule has 3 N–H and O–H groups in total. The maximum absolute atomic E-state index is 12.1. The first kappa shape index (κ1) is 19.7. The summed E-state index contributed by atoms with van der Waals surface area (Å²) in [6.07, 6.45) is 1.53. The molecule has 0 saturated carbocycles. The van der Waals surface area contributed by atoms with Gasteiger partial charge in [0.2, 0.25) is 5.91 Å². The van der Waals surface area contributed by atoms with E-state index in [1.165, 1.54) is 0 Å². The van der Waals surface area contributed by atoms with Crippen LogP contribution in [0.3, 0.4) is 0 Å². The van der Waals surface area contributed by atoms with Gasteiger partial charge in [0.15, 0.2) is 0 Å². The van der Waals surface area contributed by atoms with Crippen molar-refractivity contribution in [2.45, 2.75) is 58.6 Å². The van der Waals surface area contributed by atoms with Gasteiger partial charge in [0.25, 0.3) is 0 Å². The van der Waals surface area contributed by atoms with Crippen LogP contribution in [0.1, 0.15) is 47.5 Å². The SMILES string of the molecule is CCCC(C)(N)C(=O)Nc1ccc(OC(C)(C)C)cc1.Cl. The molecule has 1 amide bonds. The lowest BCUT2D eigenvalue weighted by atomic mass is 9.96. The van der Waals surface area contributed by atoms with Crippen LogP contribution in [0, 0.1) is 0 Å². The number of hydrogen-bond donors (Lipinski definition) is 2. The third-order valence-corrected chi connectivity index (χ3v) is 2.82. The highest BCUT2D eigenvalue weighted by Crippen LogP contribution is 2.21. The van der Waals surface area contributed by atoms with E-state index < -0.39 is 5.54 Å². The molecule has 0 bridgehead atoms. The Morgan fingerprint density at radius 1 is 1.19 bits per heavy atom. The van der Waals surface area contributed by atoms with Crippen molar-refractivity contribution < 1.29 is 9.53 Å². The van der Waals surface area contributed by atoms with E-state index in [4.69, 9.17) is 10.5 Å². The molecule has 0 aliphatic rings. The Morgan fingerprint density at radius 2 is 1.71 bits per heavy atom. The van der Waals surface area contributed by atoms with Crippen LogP contribution in [-0.4, -0.2) is 17.0 Å². The molecule has 1 aromatic carbocycles. The molecule has 0 aliphatic carbocycles. The molecule has 0 aromatic heterocycles. The number of rotatable bonds is 5. The zero-order valence-corrected chi connectivity index (χ0v) is 14.3. The van der Waals surface area contributed by atoms with E-state index in [0.717, 1.165) is 17.9 Å². The summed E-state index contributed by atoms with van der Waals surface area (Å²) in [5.74, 6) is 0.614. The Hall–Kier alpha value is -1.26. The van der Waals surface area contributed by atoms with Gasteiger partial charge >= 0.3 is 0 Å². The molecule has 0 saturated heterocycles. The van der Waals surface area contributed by atoms with Gasteiger partial charge in [-0.25, -0.2) is 0 Å². The third-order valence-electron chi connectivity index (χ3n) is 2.82. The van der Waals surface area contributed by atoms with Crippen LogP contribution in [0.15, 0.2) is 24.3 Å². The highest BCUT2D eigenvalue weighted by molar-refractivity contribution is 5.97. The predicted molar refractivity (Wildman–Crippen MR) is 90.2 cm³/mol. The molecule has 120 valence electrons. The highest BCUT2D eigenvalue weighted by Gasteiger charge is 2.27. The van der Waals surface area contributed by atoms with Gasteiger partial charge in [0.05, 0.1) is 5.54 Å². The van der Waals surface area contributed by atoms with Crippen molar-refractivity contribution in [3.63, 3.8) is 0 Å². The predicted octanol–water partition coefficient (Wildman–Crippen LogP) is 3.74. The fourth-order valence-electron chi connectivity index (χ4n) is 1.87. The van der Waals surface area contributed by atoms with Gasteiger partial charge in [0.1, 0.15) is 11.4 Å². The number of carbonyl (C=O) groups is 1. The maximum Gasteiger partial charge on any atom is 0.244 e. The third kappa shape index (κ3) is 6.82. The average molecular weight is 315 g/mol. The monoisotopic (exact) mass is 314 g/mol. The summed E-state index contributed by atoms with van der Waals surface area (Å²) in [6, 6.07) is 7.32. The first-order valence-corrected chi connectivity index (χ1v) is 7.03. The first-order valence-electron chi connectivity index (χ1n) is 7.03. The molecule has 5 heteroatoms. The van der Waals surface area contributed by atoms with Gasteiger partial charge in [-0.1, -0.05) is 13.3 Å². The van der Waals surface area contributed by atoms with Crippen molar-refractivity contribution >= 4 is 24.0 Å². The van der Waals surface area contributed by atoms with Crippen molar-refractivity contribution in [1.29, 1.82) is 0 Å². The van der Waals surface area contributed by atoms with E-state index in [-0.39, 0.29) is 23.9 Å². The minimum atomic E-state index is -0.838. The molecule has 0 heterocycles. The van der Waals surface area contributed by atoms with Gasteiger partial charge < -0.3 is 15.8 Å². The van der Waals surface area contributed by atoms with Crippen LogP contribution >= 0.6 is 12.4 Å². The number of benzene rings is 1. The number of hydrogen-bond acceptors (Lipinski definition) is 3. The van der Waals surface area contributed by atoms with Crippen LogP contribution in [-0.2, 0) is 4.79 Å². The molecule has 1 rings (SSSR count). The minimum Gasteiger partial charge on any atom is -0.488 e. The van der Waals surface area contributed by atoms with Crippen LogP contribution < -0.4 is 15.8 Å². The van der Waals surface area contributed by atoms with Crippen molar-refractivity contribution in [3.05, 3.63) is 24.3 Å². The molecule has 1 unspecified atom stereocenters. The van der Waals surface area contributed by atoms with Crippen molar-refractivity contribution in [2.24, 2.45) is 5.73 Å². The van der Waals surface area contributed by atoms with Crippen LogP contribution in [0.2, 0.25) is 0 Å². The molecule has 0 aliphatic heterocycles. The number of anilines is 1. The Labute approximate surface area is 133 Å². The Kier molecular flexibility index (Phi) is 7.20. The number of ether oxygens (including phenoxy) is 1. The van der Waals surface area contributed by atoms with Crippen molar-refractivity contribution in [2.75, 3.05) is 5.32 Å². The summed E-state index contributed by atoms with van der Waals surface area (Å²) >= 11 is 0. The second-order valence-corrected chi connectivity index (χ2v) is 6.36. The summed E-state index contributed by atoms with van der Waals surface area (Å²) in [4.78, 5) is 12.1. The van der Waals surface area contributed by atoms with Crippen LogP contribution in [0.5, 0.6) is 5.75 Å². The number of nitrogens with two attached hydrogens (primary N) is 1. The van der Waals surface area contributed by atoms with E-state index in [0.29, 0.717) is 6.42 Å². The van der Waals surface area contributed by atoms with E-state index >= 15 is 0 Å². The largest absolute Gasteiger partial charge is 0.488 e. The molecule has 1 atom stereocenters. The molecular weight excluding hydrogens is 288 g/mol. The topological polar surface area (TPSA) is 64.4 Å². The van der Waals surface area contributed by atoms with Gasteiger partial charge in [-0.15, -0.1) is 12.4 Å². The summed E-state index contributed by atoms with van der Waals surface area (Å²) in [6.45, 7) is 9.74. The summed E-state index contributed by atoms with van der Waals surface area (Å²) in [7, 11) is 0. The molecule has 0 fully saturated rings. The summed E-state index contributed by atoms with van der Waals surface area (Å²) in [5.41, 5.74) is 5.65. The molecular formula is C16H27ClN2O2. The Bertz CT molecular complexity index is 450. The number of halogens is 1. The minimum absolute atomic E-state index is 0. The molecule has 4 nitrogen and oxygen atoms in total. The van der Waals surface area contributed by atoms with Crippen molar-refractivity contribution in [1.82, 2.24) is 0 Å². The van der Waals surface area contributed by atoms with Gasteiger partial charge in [-0.05, 0) is 58.4 Å². The lowest BCUT2D eigenvalue weighted by Crippen LogP contribution is -2.48. The summed E-state index contributed by atoms with van der Waals surface area (Å²) in [5, 5.41) is 2.84. The van der Waals surface area contributed by atoms with Gasteiger partial charge in [0, 0.05) is 5.69 Å². The van der Waals surface area contributed by atoms with Crippen LogP contribution in [0.25, 0.3) is 0 Å².